The molecule has 3 aromatic heterocycles. The Bertz CT molecular complexity index is 2890. The summed E-state index contributed by atoms with van der Waals surface area (Å²) in [5.41, 5.74) is 6.66. The summed E-state index contributed by atoms with van der Waals surface area (Å²) < 4.78 is 6.49. The lowest BCUT2D eigenvalue weighted by molar-refractivity contribution is 0.672. The van der Waals surface area contributed by atoms with E-state index < -0.39 is 0 Å². The minimum Gasteiger partial charge on any atom is -0.455 e. The molecule has 5 heteroatoms. The molecule has 228 valence electrons. The third-order valence-corrected chi connectivity index (χ3v) is 9.37. The predicted molar refractivity (Wildman–Crippen MR) is 199 cm³/mol. The number of rotatable bonds is 4. The lowest BCUT2D eigenvalue weighted by Gasteiger charge is -2.11. The van der Waals surface area contributed by atoms with E-state index in [1.54, 1.807) is 6.20 Å². The van der Waals surface area contributed by atoms with Crippen molar-refractivity contribution in [1.82, 2.24) is 19.9 Å². The van der Waals surface area contributed by atoms with Crippen LogP contribution in [0, 0.1) is 0 Å². The van der Waals surface area contributed by atoms with E-state index in [1.807, 2.05) is 30.5 Å². The van der Waals surface area contributed by atoms with Gasteiger partial charge in [0.1, 0.15) is 11.2 Å². The van der Waals surface area contributed by atoms with Crippen LogP contribution in [0.3, 0.4) is 0 Å². The molecule has 7 aromatic carbocycles. The molecule has 49 heavy (non-hydrogen) atoms. The first-order chi connectivity index (χ1) is 24.2. The molecule has 10 rings (SSSR count). The van der Waals surface area contributed by atoms with Crippen LogP contribution in [-0.4, -0.2) is 19.9 Å². The zero-order chi connectivity index (χ0) is 32.3. The molecule has 5 nitrogen and oxygen atoms in total. The Morgan fingerprint density at radius 2 is 1.06 bits per heavy atom. The number of hydrogen-bond acceptors (Lipinski definition) is 5. The molecular formula is C44H26N4O. The van der Waals surface area contributed by atoms with Crippen molar-refractivity contribution in [3.05, 3.63) is 158 Å². The molecule has 0 aliphatic heterocycles. The number of aromatic nitrogens is 4. The van der Waals surface area contributed by atoms with E-state index in [4.69, 9.17) is 19.4 Å². The van der Waals surface area contributed by atoms with Crippen LogP contribution in [0.5, 0.6) is 0 Å². The molecule has 0 N–H and O–H groups in total. The Balaban J connectivity index is 1.21. The van der Waals surface area contributed by atoms with Crippen molar-refractivity contribution in [1.29, 1.82) is 0 Å². The maximum atomic E-state index is 6.49. The second-order valence-electron chi connectivity index (χ2n) is 12.3. The summed E-state index contributed by atoms with van der Waals surface area (Å²) in [6, 6.07) is 50.5. The highest BCUT2D eigenvalue weighted by atomic mass is 16.3. The Morgan fingerprint density at radius 3 is 1.88 bits per heavy atom. The monoisotopic (exact) mass is 626 g/mol. The third kappa shape index (κ3) is 4.63. The first kappa shape index (κ1) is 27.4. The van der Waals surface area contributed by atoms with E-state index in [2.05, 4.69) is 126 Å². The summed E-state index contributed by atoms with van der Waals surface area (Å²) in [4.78, 5) is 19.8. The number of hydrogen-bond donors (Lipinski definition) is 0. The fourth-order valence-corrected chi connectivity index (χ4v) is 6.91. The molecule has 0 saturated heterocycles. The van der Waals surface area contributed by atoms with Gasteiger partial charge < -0.3 is 4.42 Å². The minimum absolute atomic E-state index is 0.589. The van der Waals surface area contributed by atoms with Crippen molar-refractivity contribution >= 4 is 54.3 Å². The maximum Gasteiger partial charge on any atom is 0.164 e. The fraction of sp³-hybridized carbons (Fsp3) is 0. The number of fused-ring (bicyclic) bond motifs is 7. The summed E-state index contributed by atoms with van der Waals surface area (Å²) in [5, 5.41) is 8.60. The van der Waals surface area contributed by atoms with Gasteiger partial charge in [-0.15, -0.1) is 0 Å². The van der Waals surface area contributed by atoms with E-state index >= 15 is 0 Å². The van der Waals surface area contributed by atoms with Crippen LogP contribution in [0.1, 0.15) is 0 Å². The summed E-state index contributed by atoms with van der Waals surface area (Å²) >= 11 is 0. The summed E-state index contributed by atoms with van der Waals surface area (Å²) in [6.07, 6.45) is 3.67. The second-order valence-corrected chi connectivity index (χ2v) is 12.3. The average molecular weight is 627 g/mol. The standard InChI is InChI=1S/C44H26N4O/c1-2-7-27(8-3-1)32-16-13-29-15-18-34(25-35(29)24-32)43-46-42(33-17-14-28-9-4-5-10-31(28)23-33)47-44(48-43)37-11-6-12-39-40(37)36-20-19-30-21-22-45-26-38(30)41(36)49-39/h1-26H. The molecule has 0 saturated carbocycles. The van der Waals surface area contributed by atoms with Gasteiger partial charge in [-0.3, -0.25) is 4.98 Å². The van der Waals surface area contributed by atoms with Crippen molar-refractivity contribution in [3.8, 4) is 45.3 Å². The topological polar surface area (TPSA) is 64.7 Å². The predicted octanol–water partition coefficient (Wildman–Crippen LogP) is 11.3. The van der Waals surface area contributed by atoms with Crippen molar-refractivity contribution in [2.75, 3.05) is 0 Å². The highest BCUT2D eigenvalue weighted by molar-refractivity contribution is 6.18. The molecular weight excluding hydrogens is 601 g/mol. The van der Waals surface area contributed by atoms with Crippen molar-refractivity contribution in [2.45, 2.75) is 0 Å². The molecule has 0 fully saturated rings. The maximum absolute atomic E-state index is 6.49. The van der Waals surface area contributed by atoms with E-state index in [0.717, 1.165) is 65.6 Å². The van der Waals surface area contributed by atoms with Crippen molar-refractivity contribution < 1.29 is 4.42 Å². The number of pyridine rings is 1. The van der Waals surface area contributed by atoms with E-state index in [9.17, 15) is 0 Å². The molecule has 0 radical (unpaired) electrons. The zero-order valence-corrected chi connectivity index (χ0v) is 26.2. The summed E-state index contributed by atoms with van der Waals surface area (Å²) in [7, 11) is 0. The van der Waals surface area contributed by atoms with E-state index in [1.165, 1.54) is 16.5 Å². The van der Waals surface area contributed by atoms with Gasteiger partial charge in [-0.25, -0.2) is 15.0 Å². The molecule has 0 atom stereocenters. The largest absolute Gasteiger partial charge is 0.455 e. The third-order valence-electron chi connectivity index (χ3n) is 9.37. The van der Waals surface area contributed by atoms with Gasteiger partial charge in [0.15, 0.2) is 17.5 Å². The van der Waals surface area contributed by atoms with Gasteiger partial charge in [-0.2, -0.15) is 0 Å². The normalized spacial score (nSPS) is 11.7. The van der Waals surface area contributed by atoms with Gasteiger partial charge in [-0.05, 0) is 74.5 Å². The number of nitrogens with zero attached hydrogens (tertiary/aromatic N) is 4. The van der Waals surface area contributed by atoms with Crippen LogP contribution >= 0.6 is 0 Å². The molecule has 0 aliphatic rings. The molecule has 0 spiro atoms. The van der Waals surface area contributed by atoms with Gasteiger partial charge >= 0.3 is 0 Å². The molecule has 0 aliphatic carbocycles. The highest BCUT2D eigenvalue weighted by Crippen LogP contribution is 2.39. The van der Waals surface area contributed by atoms with E-state index in [0.29, 0.717) is 17.5 Å². The molecule has 0 unspecified atom stereocenters. The SMILES string of the molecule is c1ccc(-c2ccc3ccc(-c4nc(-c5ccc6ccccc6c5)nc(-c5cccc6oc7c8cnccc8ccc7c56)n4)cc3c2)cc1. The fourth-order valence-electron chi connectivity index (χ4n) is 6.91. The van der Waals surface area contributed by atoms with Crippen LogP contribution < -0.4 is 0 Å². The van der Waals surface area contributed by atoms with Gasteiger partial charge in [0, 0.05) is 45.2 Å². The second kappa shape index (κ2) is 10.9. The van der Waals surface area contributed by atoms with Crippen LogP contribution in [0.15, 0.2) is 162 Å². The van der Waals surface area contributed by atoms with Crippen LogP contribution in [0.2, 0.25) is 0 Å². The number of furan rings is 1. The molecule has 3 heterocycles. The zero-order valence-electron chi connectivity index (χ0n) is 26.2. The van der Waals surface area contributed by atoms with Crippen molar-refractivity contribution in [2.24, 2.45) is 0 Å². The molecule has 0 bridgehead atoms. The first-order valence-electron chi connectivity index (χ1n) is 16.3. The van der Waals surface area contributed by atoms with Gasteiger partial charge in [-0.1, -0.05) is 109 Å². The molecule has 10 aromatic rings. The van der Waals surface area contributed by atoms with Crippen LogP contribution in [-0.2, 0) is 0 Å². The summed E-state index contributed by atoms with van der Waals surface area (Å²) in [6.45, 7) is 0. The smallest absolute Gasteiger partial charge is 0.164 e. The van der Waals surface area contributed by atoms with Crippen molar-refractivity contribution in [3.63, 3.8) is 0 Å². The Hall–Kier alpha value is -6.72. The Kier molecular flexibility index (Phi) is 6.11. The lowest BCUT2D eigenvalue weighted by atomic mass is 9.99. The Labute approximate surface area is 281 Å². The number of benzene rings is 7. The molecule has 0 amide bonds. The lowest BCUT2D eigenvalue weighted by Crippen LogP contribution is -2.00. The first-order valence-corrected chi connectivity index (χ1v) is 16.3. The van der Waals surface area contributed by atoms with Crippen LogP contribution in [0.4, 0.5) is 0 Å². The Morgan fingerprint density at radius 1 is 0.408 bits per heavy atom. The van der Waals surface area contributed by atoms with E-state index in [-0.39, 0.29) is 0 Å². The summed E-state index contributed by atoms with van der Waals surface area (Å²) in [5.74, 6) is 1.81. The van der Waals surface area contributed by atoms with Gasteiger partial charge in [0.25, 0.3) is 0 Å². The average Bonchev–Trinajstić information content (AvgIpc) is 3.57. The van der Waals surface area contributed by atoms with Crippen LogP contribution in [0.25, 0.3) is 99.5 Å². The quantitative estimate of drug-likeness (QED) is 0.194. The van der Waals surface area contributed by atoms with Gasteiger partial charge in [0.05, 0.1) is 0 Å². The van der Waals surface area contributed by atoms with Gasteiger partial charge in [0.2, 0.25) is 0 Å². The highest BCUT2D eigenvalue weighted by Gasteiger charge is 2.19. The minimum atomic E-state index is 0.589.